The van der Waals surface area contributed by atoms with E-state index in [0.717, 1.165) is 10.9 Å². The molecule has 2 rings (SSSR count). The summed E-state index contributed by atoms with van der Waals surface area (Å²) < 4.78 is 5.04. The molecule has 0 atom stereocenters. The number of hydrogen-bond donors (Lipinski definition) is 1. The Morgan fingerprint density at radius 1 is 1.47 bits per heavy atom. The molecule has 0 aliphatic carbocycles. The number of nitrogens with zero attached hydrogens (tertiary/aromatic N) is 1. The van der Waals surface area contributed by atoms with Crippen LogP contribution in [0.2, 0.25) is 0 Å². The molecule has 4 heteroatoms. The molecule has 0 unspecified atom stereocenters. The Labute approximate surface area is 112 Å². The minimum Gasteiger partial charge on any atom is -0.383 e. The molecule has 1 amide bonds. The number of fused-ring (bicyclic) bond motifs is 1. The lowest BCUT2D eigenvalue weighted by Crippen LogP contribution is -2.33. The molecule has 0 saturated carbocycles. The lowest BCUT2D eigenvalue weighted by molar-refractivity contribution is 0.0720. The number of nitrogens with one attached hydrogen (secondary N) is 1. The minimum absolute atomic E-state index is 0.00519. The molecule has 0 aliphatic rings. The van der Waals surface area contributed by atoms with Crippen molar-refractivity contribution in [1.29, 1.82) is 0 Å². The third-order valence-electron chi connectivity index (χ3n) is 3.02. The molecule has 1 heterocycles. The third kappa shape index (κ3) is 2.85. The van der Waals surface area contributed by atoms with Gasteiger partial charge in [-0.1, -0.05) is 24.3 Å². The Hall–Kier alpha value is -2.07. The van der Waals surface area contributed by atoms with Gasteiger partial charge >= 0.3 is 0 Å². The Bertz CT molecular complexity index is 574. The lowest BCUT2D eigenvalue weighted by atomic mass is 10.1. The molecular formula is C15H18N2O2. The normalized spacial score (nSPS) is 10.6. The summed E-state index contributed by atoms with van der Waals surface area (Å²) in [6.07, 6.45) is 3.48. The van der Waals surface area contributed by atoms with Crippen molar-refractivity contribution < 1.29 is 9.53 Å². The van der Waals surface area contributed by atoms with E-state index in [0.29, 0.717) is 25.3 Å². The number of carbonyl (C=O) groups excluding carboxylic acids is 1. The maximum Gasteiger partial charge on any atom is 0.256 e. The van der Waals surface area contributed by atoms with Crippen LogP contribution in [-0.2, 0) is 4.74 Å². The molecule has 0 radical (unpaired) electrons. The molecule has 0 saturated heterocycles. The van der Waals surface area contributed by atoms with E-state index >= 15 is 0 Å². The van der Waals surface area contributed by atoms with Crippen molar-refractivity contribution in [2.75, 3.05) is 26.8 Å². The number of rotatable bonds is 6. The molecule has 0 spiro atoms. The summed E-state index contributed by atoms with van der Waals surface area (Å²) in [6, 6.07) is 7.78. The van der Waals surface area contributed by atoms with Crippen LogP contribution in [0.3, 0.4) is 0 Å². The quantitative estimate of drug-likeness (QED) is 0.809. The average molecular weight is 258 g/mol. The molecule has 1 aromatic heterocycles. The van der Waals surface area contributed by atoms with Gasteiger partial charge in [-0.2, -0.15) is 0 Å². The smallest absolute Gasteiger partial charge is 0.256 e. The van der Waals surface area contributed by atoms with Crippen molar-refractivity contribution >= 4 is 16.8 Å². The zero-order valence-electron chi connectivity index (χ0n) is 11.1. The van der Waals surface area contributed by atoms with Gasteiger partial charge in [0.05, 0.1) is 12.2 Å². The Kier molecular flexibility index (Phi) is 4.36. The van der Waals surface area contributed by atoms with Crippen LogP contribution in [0.1, 0.15) is 10.4 Å². The number of amides is 1. The van der Waals surface area contributed by atoms with Gasteiger partial charge in [-0.15, -0.1) is 6.58 Å². The maximum atomic E-state index is 12.5. The second-order valence-electron chi connectivity index (χ2n) is 4.28. The van der Waals surface area contributed by atoms with Gasteiger partial charge in [-0.25, -0.2) is 0 Å². The highest BCUT2D eigenvalue weighted by Gasteiger charge is 2.17. The van der Waals surface area contributed by atoms with Crippen molar-refractivity contribution in [3.63, 3.8) is 0 Å². The van der Waals surface area contributed by atoms with Crippen molar-refractivity contribution in [2.24, 2.45) is 0 Å². The zero-order chi connectivity index (χ0) is 13.7. The van der Waals surface area contributed by atoms with E-state index in [1.807, 2.05) is 24.3 Å². The predicted octanol–water partition coefficient (Wildman–Crippen LogP) is 2.44. The number of aromatic nitrogens is 1. The van der Waals surface area contributed by atoms with Gasteiger partial charge in [-0.05, 0) is 6.07 Å². The van der Waals surface area contributed by atoms with E-state index in [1.54, 1.807) is 24.3 Å². The van der Waals surface area contributed by atoms with E-state index in [1.165, 1.54) is 0 Å². The van der Waals surface area contributed by atoms with Crippen LogP contribution in [-0.4, -0.2) is 42.6 Å². The van der Waals surface area contributed by atoms with Crippen LogP contribution >= 0.6 is 0 Å². The standard InChI is InChI=1S/C15H18N2O2/c1-3-8-17(9-10-19-2)15(18)13-11-16-14-7-5-4-6-12(13)14/h3-7,11,16H,1,8-10H2,2H3. The molecule has 1 N–H and O–H groups in total. The molecule has 1 aromatic carbocycles. The largest absolute Gasteiger partial charge is 0.383 e. The van der Waals surface area contributed by atoms with Gasteiger partial charge in [0.2, 0.25) is 0 Å². The SMILES string of the molecule is C=CCN(CCOC)C(=O)c1c[nH]c2ccccc12. The summed E-state index contributed by atoms with van der Waals surface area (Å²) in [5.41, 5.74) is 1.66. The fourth-order valence-electron chi connectivity index (χ4n) is 2.05. The van der Waals surface area contributed by atoms with E-state index in [-0.39, 0.29) is 5.91 Å². The lowest BCUT2D eigenvalue weighted by Gasteiger charge is -2.20. The number of hydrogen-bond acceptors (Lipinski definition) is 2. The van der Waals surface area contributed by atoms with Gasteiger partial charge in [0.15, 0.2) is 0 Å². The molecule has 2 aromatic rings. The summed E-state index contributed by atoms with van der Waals surface area (Å²) in [4.78, 5) is 17.4. The molecule has 100 valence electrons. The first-order valence-corrected chi connectivity index (χ1v) is 6.23. The highest BCUT2D eigenvalue weighted by molar-refractivity contribution is 6.06. The summed E-state index contributed by atoms with van der Waals surface area (Å²) in [5, 5.41) is 0.943. The topological polar surface area (TPSA) is 45.3 Å². The van der Waals surface area contributed by atoms with Crippen LogP contribution in [0.4, 0.5) is 0 Å². The maximum absolute atomic E-state index is 12.5. The molecule has 0 bridgehead atoms. The second kappa shape index (κ2) is 6.20. The highest BCUT2D eigenvalue weighted by Crippen LogP contribution is 2.19. The number of carbonyl (C=O) groups is 1. The van der Waals surface area contributed by atoms with Crippen LogP contribution in [0.25, 0.3) is 10.9 Å². The van der Waals surface area contributed by atoms with Crippen molar-refractivity contribution in [2.45, 2.75) is 0 Å². The Morgan fingerprint density at radius 3 is 3.00 bits per heavy atom. The Morgan fingerprint density at radius 2 is 2.26 bits per heavy atom. The number of aromatic amines is 1. The van der Waals surface area contributed by atoms with Crippen LogP contribution in [0.5, 0.6) is 0 Å². The van der Waals surface area contributed by atoms with Gasteiger partial charge in [0.1, 0.15) is 0 Å². The molecule has 0 fully saturated rings. The van der Waals surface area contributed by atoms with E-state index < -0.39 is 0 Å². The second-order valence-corrected chi connectivity index (χ2v) is 4.28. The summed E-state index contributed by atoms with van der Waals surface area (Å²) in [5.74, 6) is -0.00519. The monoisotopic (exact) mass is 258 g/mol. The molecule has 0 aliphatic heterocycles. The number of ether oxygens (including phenoxy) is 1. The number of H-pyrrole nitrogens is 1. The molecule has 19 heavy (non-hydrogen) atoms. The first-order valence-electron chi connectivity index (χ1n) is 6.23. The fraction of sp³-hybridized carbons (Fsp3) is 0.267. The minimum atomic E-state index is -0.00519. The third-order valence-corrected chi connectivity index (χ3v) is 3.02. The van der Waals surface area contributed by atoms with Crippen molar-refractivity contribution in [3.8, 4) is 0 Å². The van der Waals surface area contributed by atoms with Gasteiger partial charge < -0.3 is 14.6 Å². The predicted molar refractivity (Wildman–Crippen MR) is 76.3 cm³/mol. The Balaban J connectivity index is 2.27. The first kappa shape index (κ1) is 13.4. The first-order chi connectivity index (χ1) is 9.27. The van der Waals surface area contributed by atoms with Crippen LogP contribution in [0, 0.1) is 0 Å². The highest BCUT2D eigenvalue weighted by atomic mass is 16.5. The van der Waals surface area contributed by atoms with Gasteiger partial charge in [0, 0.05) is 37.3 Å². The molecule has 4 nitrogen and oxygen atoms in total. The van der Waals surface area contributed by atoms with E-state index in [9.17, 15) is 4.79 Å². The van der Waals surface area contributed by atoms with E-state index in [2.05, 4.69) is 11.6 Å². The number of benzene rings is 1. The van der Waals surface area contributed by atoms with Crippen molar-refractivity contribution in [3.05, 3.63) is 48.7 Å². The number of methoxy groups -OCH3 is 1. The van der Waals surface area contributed by atoms with Crippen LogP contribution in [0.15, 0.2) is 43.1 Å². The summed E-state index contributed by atoms with van der Waals surface area (Å²) in [6.45, 7) is 5.28. The fourth-order valence-corrected chi connectivity index (χ4v) is 2.05. The summed E-state index contributed by atoms with van der Waals surface area (Å²) >= 11 is 0. The zero-order valence-corrected chi connectivity index (χ0v) is 11.1. The van der Waals surface area contributed by atoms with Gasteiger partial charge in [-0.3, -0.25) is 4.79 Å². The average Bonchev–Trinajstić information content (AvgIpc) is 2.86. The molecular weight excluding hydrogens is 240 g/mol. The van der Waals surface area contributed by atoms with Gasteiger partial charge in [0.25, 0.3) is 5.91 Å². The van der Waals surface area contributed by atoms with Crippen LogP contribution < -0.4 is 0 Å². The van der Waals surface area contributed by atoms with E-state index in [4.69, 9.17) is 4.74 Å². The number of para-hydroxylation sites is 1. The van der Waals surface area contributed by atoms with Crippen molar-refractivity contribution in [1.82, 2.24) is 9.88 Å². The summed E-state index contributed by atoms with van der Waals surface area (Å²) in [7, 11) is 1.63.